The number of hydrogen-bond donors (Lipinski definition) is 0. The van der Waals surface area contributed by atoms with E-state index >= 15 is 0 Å². The lowest BCUT2D eigenvalue weighted by Gasteiger charge is -2.04. The molecule has 70 valence electrons. The molecule has 0 atom stereocenters. The number of Topliss-reactive ketones (excluding diaryl/α,β-unsaturated/α-hetero) is 1. The summed E-state index contributed by atoms with van der Waals surface area (Å²) in [4.78, 5) is 11.3. The van der Waals surface area contributed by atoms with E-state index in [0.717, 1.165) is 0 Å². The van der Waals surface area contributed by atoms with Gasteiger partial charge in [0.15, 0.2) is 5.78 Å². The Balaban J connectivity index is 3.33. The molecule has 1 aromatic rings. The molecule has 0 fully saturated rings. The van der Waals surface area contributed by atoms with Gasteiger partial charge in [-0.05, 0) is 12.1 Å². The normalized spacial score (nSPS) is 10.2. The molecule has 0 unspecified atom stereocenters. The predicted octanol–water partition coefficient (Wildman–Crippen LogP) is 4.22. The molecule has 0 saturated heterocycles. The van der Waals surface area contributed by atoms with Crippen molar-refractivity contribution < 1.29 is 4.79 Å². The van der Waals surface area contributed by atoms with E-state index in [1.165, 1.54) is 0 Å². The molecule has 0 aliphatic heterocycles. The number of carbonyl (C=O) groups is 1. The first-order chi connectivity index (χ1) is 6.07. The first kappa shape index (κ1) is 11.3. The van der Waals surface area contributed by atoms with E-state index in [0.29, 0.717) is 10.0 Å². The summed E-state index contributed by atoms with van der Waals surface area (Å²) >= 11 is 20.4. The van der Waals surface area contributed by atoms with Gasteiger partial charge in [0.05, 0.1) is 26.0 Å². The van der Waals surface area contributed by atoms with Crippen LogP contribution in [0.2, 0.25) is 15.1 Å². The molecular weight excluding hydrogens is 298 g/mol. The highest BCUT2D eigenvalue weighted by Crippen LogP contribution is 2.31. The number of carbonyl (C=O) groups excluding carboxylic acids is 1. The highest BCUT2D eigenvalue weighted by molar-refractivity contribution is 9.09. The van der Waals surface area contributed by atoms with Crippen LogP contribution in [0.5, 0.6) is 0 Å². The monoisotopic (exact) mass is 300 g/mol. The number of hydrogen-bond acceptors (Lipinski definition) is 1. The van der Waals surface area contributed by atoms with E-state index in [-0.39, 0.29) is 21.7 Å². The molecule has 1 aromatic carbocycles. The second kappa shape index (κ2) is 4.65. The van der Waals surface area contributed by atoms with E-state index in [2.05, 4.69) is 15.9 Å². The van der Waals surface area contributed by atoms with Gasteiger partial charge in [-0.2, -0.15) is 0 Å². The maximum absolute atomic E-state index is 11.3. The molecule has 0 saturated carbocycles. The van der Waals surface area contributed by atoms with Gasteiger partial charge in [-0.1, -0.05) is 50.7 Å². The Labute approximate surface area is 99.1 Å². The van der Waals surface area contributed by atoms with Crippen LogP contribution in [0.1, 0.15) is 10.4 Å². The summed E-state index contributed by atoms with van der Waals surface area (Å²) in [6.45, 7) is 0. The third-order valence-corrected chi connectivity index (χ3v) is 3.07. The zero-order valence-corrected chi connectivity index (χ0v) is 10.1. The highest BCUT2D eigenvalue weighted by Gasteiger charge is 2.15. The largest absolute Gasteiger partial charge is 0.293 e. The Morgan fingerprint density at radius 1 is 1.23 bits per heavy atom. The van der Waals surface area contributed by atoms with E-state index in [1.807, 2.05) is 0 Å². The quantitative estimate of drug-likeness (QED) is 0.454. The molecule has 13 heavy (non-hydrogen) atoms. The van der Waals surface area contributed by atoms with E-state index in [4.69, 9.17) is 34.8 Å². The fraction of sp³-hybridized carbons (Fsp3) is 0.125. The van der Waals surface area contributed by atoms with Gasteiger partial charge in [-0.15, -0.1) is 0 Å². The second-order valence-electron chi connectivity index (χ2n) is 2.27. The zero-order chi connectivity index (χ0) is 10.0. The van der Waals surface area contributed by atoms with Gasteiger partial charge in [0.2, 0.25) is 0 Å². The van der Waals surface area contributed by atoms with Gasteiger partial charge in [-0.25, -0.2) is 0 Å². The smallest absolute Gasteiger partial charge is 0.176 e. The number of benzene rings is 1. The molecule has 1 rings (SSSR count). The summed E-state index contributed by atoms with van der Waals surface area (Å²) in [5.41, 5.74) is 0.271. The number of ketones is 1. The SMILES string of the molecule is O=C(CBr)c1c(Cl)ccc(Cl)c1Cl. The molecule has 0 heterocycles. The third-order valence-electron chi connectivity index (χ3n) is 1.44. The average molecular weight is 302 g/mol. The van der Waals surface area contributed by atoms with Gasteiger partial charge in [0, 0.05) is 0 Å². The van der Waals surface area contributed by atoms with Crippen molar-refractivity contribution in [1.82, 2.24) is 0 Å². The van der Waals surface area contributed by atoms with Crippen LogP contribution in [0.3, 0.4) is 0 Å². The molecular formula is C8H4BrCl3O. The standard InChI is InChI=1S/C8H4BrCl3O/c9-3-6(13)7-4(10)1-2-5(11)8(7)12/h1-2H,3H2. The summed E-state index contributed by atoms with van der Waals surface area (Å²) in [5.74, 6) is -0.183. The van der Waals surface area contributed by atoms with Crippen molar-refractivity contribution in [3.63, 3.8) is 0 Å². The van der Waals surface area contributed by atoms with Crippen LogP contribution in [0.4, 0.5) is 0 Å². The number of alkyl halides is 1. The van der Waals surface area contributed by atoms with E-state index in [9.17, 15) is 4.79 Å². The van der Waals surface area contributed by atoms with Crippen LogP contribution < -0.4 is 0 Å². The van der Waals surface area contributed by atoms with Gasteiger partial charge in [0.1, 0.15) is 0 Å². The van der Waals surface area contributed by atoms with Crippen molar-refractivity contribution in [2.24, 2.45) is 0 Å². The molecule has 0 N–H and O–H groups in total. The third kappa shape index (κ3) is 2.38. The van der Waals surface area contributed by atoms with Crippen molar-refractivity contribution in [3.05, 3.63) is 32.8 Å². The summed E-state index contributed by atoms with van der Waals surface area (Å²) in [6.07, 6.45) is 0. The summed E-state index contributed by atoms with van der Waals surface area (Å²) in [6, 6.07) is 3.10. The average Bonchev–Trinajstić information content (AvgIpc) is 2.12. The Hall–Kier alpha value is 0.240. The Bertz CT molecular complexity index is 351. The van der Waals surface area contributed by atoms with Crippen molar-refractivity contribution in [2.45, 2.75) is 0 Å². The number of halogens is 4. The second-order valence-corrected chi connectivity index (χ2v) is 4.03. The first-order valence-corrected chi connectivity index (χ1v) is 5.56. The lowest BCUT2D eigenvalue weighted by Crippen LogP contribution is -2.02. The van der Waals surface area contributed by atoms with Crippen LogP contribution in [-0.2, 0) is 0 Å². The first-order valence-electron chi connectivity index (χ1n) is 3.30. The van der Waals surface area contributed by atoms with Gasteiger partial charge in [0.25, 0.3) is 0 Å². The summed E-state index contributed by atoms with van der Waals surface area (Å²) in [7, 11) is 0. The predicted molar refractivity (Wildman–Crippen MR) is 59.6 cm³/mol. The fourth-order valence-electron chi connectivity index (χ4n) is 0.849. The van der Waals surface area contributed by atoms with Crippen molar-refractivity contribution in [2.75, 3.05) is 5.33 Å². The van der Waals surface area contributed by atoms with Gasteiger partial charge >= 0.3 is 0 Å². The maximum Gasteiger partial charge on any atom is 0.176 e. The Kier molecular flexibility index (Phi) is 4.05. The maximum atomic E-state index is 11.3. The zero-order valence-electron chi connectivity index (χ0n) is 6.28. The molecule has 0 aliphatic rings. The molecule has 0 aliphatic carbocycles. The molecule has 0 radical (unpaired) electrons. The van der Waals surface area contributed by atoms with E-state index in [1.54, 1.807) is 12.1 Å². The topological polar surface area (TPSA) is 17.1 Å². The van der Waals surface area contributed by atoms with Crippen LogP contribution in [0.15, 0.2) is 12.1 Å². The van der Waals surface area contributed by atoms with Gasteiger partial charge < -0.3 is 0 Å². The van der Waals surface area contributed by atoms with Crippen molar-refractivity contribution in [3.8, 4) is 0 Å². The minimum absolute atomic E-state index is 0.173. The van der Waals surface area contributed by atoms with Crippen molar-refractivity contribution >= 4 is 56.5 Å². The van der Waals surface area contributed by atoms with Crippen LogP contribution >= 0.6 is 50.7 Å². The summed E-state index contributed by atoms with van der Waals surface area (Å²) < 4.78 is 0. The van der Waals surface area contributed by atoms with Gasteiger partial charge in [-0.3, -0.25) is 4.79 Å². The van der Waals surface area contributed by atoms with Crippen LogP contribution in [0.25, 0.3) is 0 Å². The lowest BCUT2D eigenvalue weighted by atomic mass is 10.1. The molecule has 0 aromatic heterocycles. The Morgan fingerprint density at radius 3 is 2.31 bits per heavy atom. The number of rotatable bonds is 2. The molecule has 0 bridgehead atoms. The van der Waals surface area contributed by atoms with Crippen LogP contribution in [0, 0.1) is 0 Å². The molecule has 0 amide bonds. The van der Waals surface area contributed by atoms with E-state index < -0.39 is 0 Å². The lowest BCUT2D eigenvalue weighted by molar-refractivity contribution is 0.102. The van der Waals surface area contributed by atoms with Crippen molar-refractivity contribution in [1.29, 1.82) is 0 Å². The molecule has 5 heteroatoms. The summed E-state index contributed by atoms with van der Waals surface area (Å²) in [5, 5.41) is 1.03. The van der Waals surface area contributed by atoms with Crippen LogP contribution in [-0.4, -0.2) is 11.1 Å². The molecule has 0 spiro atoms. The fourth-order valence-corrected chi connectivity index (χ4v) is 1.87. The minimum atomic E-state index is -0.183. The Morgan fingerprint density at radius 2 is 1.77 bits per heavy atom. The minimum Gasteiger partial charge on any atom is -0.293 e. The highest BCUT2D eigenvalue weighted by atomic mass is 79.9. The molecule has 1 nitrogen and oxygen atoms in total.